The molecule has 0 aliphatic heterocycles. The van der Waals surface area contributed by atoms with E-state index < -0.39 is 6.10 Å². The molecule has 0 aromatic heterocycles. The van der Waals surface area contributed by atoms with Crippen molar-refractivity contribution < 1.29 is 28.6 Å². The van der Waals surface area contributed by atoms with Gasteiger partial charge in [-0.25, -0.2) is 0 Å². The third kappa shape index (κ3) is 68.5. The lowest BCUT2D eigenvalue weighted by Gasteiger charge is -2.18. The van der Waals surface area contributed by atoms with Gasteiger partial charge in [0.2, 0.25) is 0 Å². The molecule has 83 heavy (non-hydrogen) atoms. The standard InChI is InChI=1S/C77H130O6/c1-4-7-10-13-16-19-22-25-28-31-33-34-35-36-37-38-39-40-41-42-44-46-49-52-55-58-61-64-67-70-76(79)82-73-74(72-81-75(78)69-66-63-60-57-54-51-48-45-30-27-24-21-18-15-12-9-6-3)83-77(80)71-68-65-62-59-56-53-50-47-43-32-29-26-23-20-17-14-11-8-5-2/h9,12,17-18,20-22,25-27,29-31,33,43,47-48,51,57,60,74H,4-8,10-11,13-16,19,23-24,28,32,34-42,44-46,49-50,52-56,58-59,61-73H2,1-3H3/b12-9-,20-17-,21-18-,25-22-,29-26-,30-27-,33-31-,47-43-,51-48-,60-57-. The second-order valence-electron chi connectivity index (χ2n) is 23.1. The highest BCUT2D eigenvalue weighted by atomic mass is 16.6. The van der Waals surface area contributed by atoms with E-state index >= 15 is 0 Å². The molecule has 1 atom stereocenters. The third-order valence-electron chi connectivity index (χ3n) is 14.9. The molecule has 1 unspecified atom stereocenters. The lowest BCUT2D eigenvalue weighted by Crippen LogP contribution is -2.30. The van der Waals surface area contributed by atoms with Crippen LogP contribution < -0.4 is 0 Å². The van der Waals surface area contributed by atoms with Gasteiger partial charge in [-0.2, -0.15) is 0 Å². The number of hydrogen-bond donors (Lipinski definition) is 0. The zero-order valence-corrected chi connectivity index (χ0v) is 54.4. The molecule has 0 aromatic carbocycles. The van der Waals surface area contributed by atoms with E-state index in [-0.39, 0.29) is 37.5 Å². The van der Waals surface area contributed by atoms with Crippen molar-refractivity contribution in [1.29, 1.82) is 0 Å². The Labute approximate surface area is 513 Å². The Bertz CT molecular complexity index is 1700. The van der Waals surface area contributed by atoms with Gasteiger partial charge in [0, 0.05) is 19.3 Å². The fourth-order valence-electron chi connectivity index (χ4n) is 9.69. The lowest BCUT2D eigenvalue weighted by atomic mass is 10.0. The minimum absolute atomic E-state index is 0.102. The van der Waals surface area contributed by atoms with Gasteiger partial charge in [0.05, 0.1) is 0 Å². The van der Waals surface area contributed by atoms with E-state index in [0.29, 0.717) is 19.3 Å². The molecule has 0 N–H and O–H groups in total. The second kappa shape index (κ2) is 70.3. The maximum Gasteiger partial charge on any atom is 0.306 e. The van der Waals surface area contributed by atoms with Crippen molar-refractivity contribution in [3.8, 4) is 0 Å². The molecule has 6 nitrogen and oxygen atoms in total. The Morgan fingerprint density at radius 3 is 0.807 bits per heavy atom. The molecule has 0 saturated carbocycles. The Balaban J connectivity index is 4.36. The fraction of sp³-hybridized carbons (Fsp3) is 0.701. The van der Waals surface area contributed by atoms with E-state index in [1.165, 1.54) is 173 Å². The minimum atomic E-state index is -0.813. The summed E-state index contributed by atoms with van der Waals surface area (Å²) in [6.07, 6.45) is 98.0. The molecule has 0 heterocycles. The Morgan fingerprint density at radius 1 is 0.253 bits per heavy atom. The molecular formula is C77H130O6. The van der Waals surface area contributed by atoms with Crippen molar-refractivity contribution in [3.05, 3.63) is 122 Å². The number of esters is 3. The average molecular weight is 1150 g/mol. The predicted octanol–water partition coefficient (Wildman–Crippen LogP) is 24.3. The van der Waals surface area contributed by atoms with Gasteiger partial charge in [-0.15, -0.1) is 0 Å². The quantitative estimate of drug-likeness (QED) is 0.0261. The first kappa shape index (κ1) is 78.8. The highest BCUT2D eigenvalue weighted by Crippen LogP contribution is 2.17. The summed E-state index contributed by atoms with van der Waals surface area (Å²) in [6, 6.07) is 0. The predicted molar refractivity (Wildman–Crippen MR) is 362 cm³/mol. The van der Waals surface area contributed by atoms with E-state index in [4.69, 9.17) is 14.2 Å². The summed E-state index contributed by atoms with van der Waals surface area (Å²) in [7, 11) is 0. The van der Waals surface area contributed by atoms with Crippen LogP contribution in [-0.2, 0) is 28.6 Å². The van der Waals surface area contributed by atoms with Gasteiger partial charge in [-0.05, 0) is 128 Å². The molecule has 0 aliphatic rings. The summed E-state index contributed by atoms with van der Waals surface area (Å²) in [5, 5.41) is 0. The van der Waals surface area contributed by atoms with Gasteiger partial charge < -0.3 is 14.2 Å². The Morgan fingerprint density at radius 2 is 0.482 bits per heavy atom. The Hall–Kier alpha value is -4.19. The van der Waals surface area contributed by atoms with Crippen LogP contribution in [0.1, 0.15) is 329 Å². The van der Waals surface area contributed by atoms with E-state index in [0.717, 1.165) is 109 Å². The van der Waals surface area contributed by atoms with E-state index in [1.807, 2.05) is 0 Å². The van der Waals surface area contributed by atoms with Crippen LogP contribution in [0.3, 0.4) is 0 Å². The first-order valence-electron chi connectivity index (χ1n) is 35.0. The fourth-order valence-corrected chi connectivity index (χ4v) is 9.69. The zero-order chi connectivity index (χ0) is 59.9. The topological polar surface area (TPSA) is 78.9 Å². The van der Waals surface area contributed by atoms with Gasteiger partial charge in [0.15, 0.2) is 6.10 Å². The van der Waals surface area contributed by atoms with Gasteiger partial charge >= 0.3 is 17.9 Å². The van der Waals surface area contributed by atoms with Crippen LogP contribution in [0.4, 0.5) is 0 Å². The minimum Gasteiger partial charge on any atom is -0.462 e. The van der Waals surface area contributed by atoms with E-state index in [9.17, 15) is 14.4 Å². The maximum absolute atomic E-state index is 12.9. The number of carbonyl (C=O) groups excluding carboxylic acids is 3. The second-order valence-corrected chi connectivity index (χ2v) is 23.1. The largest absolute Gasteiger partial charge is 0.462 e. The maximum atomic E-state index is 12.9. The molecule has 0 radical (unpaired) electrons. The van der Waals surface area contributed by atoms with Crippen LogP contribution >= 0.6 is 0 Å². The SMILES string of the molecule is CC/C=C\C/C=C\C/C=C\C/C=C\C/C=C\CCCC(=O)OCC(COC(=O)CCCCCCCCCCCCCCCCCCC/C=C\C/C=C\CCCCCCC)OC(=O)CCCCCCCC/C=C\C/C=C\C/C=C\CCCCC. The van der Waals surface area contributed by atoms with Crippen LogP contribution in [0.25, 0.3) is 0 Å². The highest BCUT2D eigenvalue weighted by Gasteiger charge is 2.19. The zero-order valence-electron chi connectivity index (χ0n) is 54.4. The summed E-state index contributed by atoms with van der Waals surface area (Å²) in [5.41, 5.74) is 0. The van der Waals surface area contributed by atoms with Gasteiger partial charge in [0.25, 0.3) is 0 Å². The summed E-state index contributed by atoms with van der Waals surface area (Å²) in [6.45, 7) is 6.46. The summed E-state index contributed by atoms with van der Waals surface area (Å²) >= 11 is 0. The number of hydrogen-bond acceptors (Lipinski definition) is 6. The molecule has 0 rings (SSSR count). The van der Waals surface area contributed by atoms with Crippen LogP contribution in [0, 0.1) is 0 Å². The molecule has 0 saturated heterocycles. The normalized spacial score (nSPS) is 12.9. The van der Waals surface area contributed by atoms with Crippen molar-refractivity contribution in [1.82, 2.24) is 0 Å². The lowest BCUT2D eigenvalue weighted by molar-refractivity contribution is -0.167. The molecule has 0 bridgehead atoms. The number of allylic oxidation sites excluding steroid dienone is 20. The van der Waals surface area contributed by atoms with Crippen LogP contribution in [0.15, 0.2) is 122 Å². The summed E-state index contributed by atoms with van der Waals surface area (Å²) < 4.78 is 16.9. The van der Waals surface area contributed by atoms with Crippen molar-refractivity contribution in [2.75, 3.05) is 13.2 Å². The third-order valence-corrected chi connectivity index (χ3v) is 14.9. The number of ether oxygens (including phenoxy) is 3. The van der Waals surface area contributed by atoms with Crippen molar-refractivity contribution in [3.63, 3.8) is 0 Å². The molecule has 0 aromatic rings. The molecule has 0 aliphatic carbocycles. The smallest absolute Gasteiger partial charge is 0.306 e. The van der Waals surface area contributed by atoms with E-state index in [1.54, 1.807) is 0 Å². The number of carbonyl (C=O) groups is 3. The summed E-state index contributed by atoms with van der Waals surface area (Å²) in [5.74, 6) is -0.966. The van der Waals surface area contributed by atoms with Gasteiger partial charge in [-0.1, -0.05) is 303 Å². The molecule has 0 fully saturated rings. The molecule has 474 valence electrons. The number of rotatable bonds is 63. The van der Waals surface area contributed by atoms with Gasteiger partial charge in [0.1, 0.15) is 13.2 Å². The highest BCUT2D eigenvalue weighted by molar-refractivity contribution is 5.71. The van der Waals surface area contributed by atoms with Crippen LogP contribution in [0.5, 0.6) is 0 Å². The van der Waals surface area contributed by atoms with Crippen molar-refractivity contribution >= 4 is 17.9 Å². The van der Waals surface area contributed by atoms with Crippen LogP contribution in [0.2, 0.25) is 0 Å². The van der Waals surface area contributed by atoms with Crippen LogP contribution in [-0.4, -0.2) is 37.2 Å². The molecule has 0 amide bonds. The Kier molecular flexibility index (Phi) is 66.7. The molecular weight excluding hydrogens is 1020 g/mol. The average Bonchev–Trinajstić information content (AvgIpc) is 3.50. The van der Waals surface area contributed by atoms with Crippen molar-refractivity contribution in [2.45, 2.75) is 335 Å². The molecule has 6 heteroatoms. The number of unbranched alkanes of at least 4 members (excludes halogenated alkanes) is 32. The summed E-state index contributed by atoms with van der Waals surface area (Å²) in [4.78, 5) is 38.4. The molecule has 0 spiro atoms. The van der Waals surface area contributed by atoms with E-state index in [2.05, 4.69) is 142 Å². The monoisotopic (exact) mass is 1150 g/mol. The van der Waals surface area contributed by atoms with Gasteiger partial charge in [-0.3, -0.25) is 14.4 Å². The first-order chi connectivity index (χ1) is 41.0. The van der Waals surface area contributed by atoms with Crippen molar-refractivity contribution in [2.24, 2.45) is 0 Å². The first-order valence-corrected chi connectivity index (χ1v) is 35.0.